The van der Waals surface area contributed by atoms with Gasteiger partial charge in [-0.2, -0.15) is 0 Å². The van der Waals surface area contributed by atoms with Crippen molar-refractivity contribution in [1.29, 1.82) is 0 Å². The molecule has 0 saturated heterocycles. The molecule has 0 unspecified atom stereocenters. The number of hydrogen-bond acceptors (Lipinski definition) is 11. The molecule has 5 N–H and O–H groups in total. The second-order valence-electron chi connectivity index (χ2n) is 10.5. The number of rotatable bonds is 10. The quantitative estimate of drug-likeness (QED) is 0.172. The maximum Gasteiger partial charge on any atom is 0.413 e. The van der Waals surface area contributed by atoms with Gasteiger partial charge in [0.15, 0.2) is 5.82 Å². The van der Waals surface area contributed by atoms with Gasteiger partial charge in [-0.1, -0.05) is 13.8 Å². The molecule has 0 fully saturated rings. The van der Waals surface area contributed by atoms with Crippen LogP contribution in [0.5, 0.6) is 5.75 Å². The summed E-state index contributed by atoms with van der Waals surface area (Å²) in [7, 11) is 1.20. The van der Waals surface area contributed by atoms with Crippen molar-refractivity contribution in [2.75, 3.05) is 24.8 Å². The lowest BCUT2D eigenvalue weighted by Gasteiger charge is -2.27. The Morgan fingerprint density at radius 2 is 1.43 bits per heavy atom. The number of nitrogens with two attached hydrogens (primary N) is 2. The van der Waals surface area contributed by atoms with Gasteiger partial charge in [-0.3, -0.25) is 5.32 Å². The van der Waals surface area contributed by atoms with Gasteiger partial charge in [0.05, 0.1) is 29.9 Å². The molecule has 4 aromatic heterocycles. The molecular weight excluding hydrogens is 617 g/mol. The summed E-state index contributed by atoms with van der Waals surface area (Å²) in [6.45, 7) is 5.94. The Morgan fingerprint density at radius 1 is 0.870 bits per heavy atom. The molecule has 0 saturated carbocycles. The van der Waals surface area contributed by atoms with Gasteiger partial charge in [-0.15, -0.1) is 0 Å². The highest BCUT2D eigenvalue weighted by Crippen LogP contribution is 2.31. The molecule has 46 heavy (non-hydrogen) atoms. The normalized spacial score (nSPS) is 12.4. The van der Waals surface area contributed by atoms with Crippen LogP contribution in [0.25, 0.3) is 22.8 Å². The Balaban J connectivity index is 0.000000286. The smallest absolute Gasteiger partial charge is 0.413 e. The zero-order valence-electron chi connectivity index (χ0n) is 25.2. The van der Waals surface area contributed by atoms with Gasteiger partial charge in [-0.25, -0.2) is 56.7 Å². The van der Waals surface area contributed by atoms with E-state index in [9.17, 15) is 26.7 Å². The van der Waals surface area contributed by atoms with E-state index >= 15 is 0 Å². The zero-order chi connectivity index (χ0) is 34.0. The van der Waals surface area contributed by atoms with E-state index in [4.69, 9.17) is 16.2 Å². The first-order valence-electron chi connectivity index (χ1n) is 13.6. The summed E-state index contributed by atoms with van der Waals surface area (Å²) in [5, 5.41) is 2.31. The number of halogens is 5. The first-order chi connectivity index (χ1) is 21.7. The minimum atomic E-state index is -2.98. The van der Waals surface area contributed by atoms with Crippen molar-refractivity contribution < 1.29 is 36.2 Å². The molecule has 1 amide bonds. The summed E-state index contributed by atoms with van der Waals surface area (Å²) in [4.78, 5) is 34.2. The summed E-state index contributed by atoms with van der Waals surface area (Å²) in [6.07, 6.45) is -3.17. The van der Waals surface area contributed by atoms with Gasteiger partial charge in [0.2, 0.25) is 11.9 Å². The SMILES string of the molecule is COC(=O)Nc1nccc(-c2ccc(OC[C@@](C)(N)CC(C)C)c(C(F)F)n2)n1.Nc1nccc(-c2ccc(F)c(C(F)F)n2)n1. The molecule has 0 aliphatic heterocycles. The van der Waals surface area contributed by atoms with Crippen molar-refractivity contribution in [3.63, 3.8) is 0 Å². The highest BCUT2D eigenvalue weighted by molar-refractivity contribution is 5.82. The molecule has 4 rings (SSSR count). The number of anilines is 2. The van der Waals surface area contributed by atoms with Crippen molar-refractivity contribution in [1.82, 2.24) is 29.9 Å². The van der Waals surface area contributed by atoms with E-state index in [0.29, 0.717) is 12.3 Å². The number of carbonyl (C=O) groups is 1. The fourth-order valence-electron chi connectivity index (χ4n) is 4.09. The van der Waals surface area contributed by atoms with E-state index in [1.54, 1.807) is 0 Å². The van der Waals surface area contributed by atoms with Crippen LogP contribution in [0.15, 0.2) is 48.8 Å². The number of carbonyl (C=O) groups excluding carboxylic acids is 1. The van der Waals surface area contributed by atoms with Crippen molar-refractivity contribution >= 4 is 18.0 Å². The molecule has 1 atom stereocenters. The van der Waals surface area contributed by atoms with Crippen LogP contribution in [0.4, 0.5) is 38.6 Å². The first-order valence-corrected chi connectivity index (χ1v) is 13.6. The molecule has 4 heterocycles. The van der Waals surface area contributed by atoms with Crippen LogP contribution in [-0.4, -0.2) is 55.3 Å². The summed E-state index contributed by atoms with van der Waals surface area (Å²) in [5.74, 6) is -0.791. The van der Waals surface area contributed by atoms with E-state index in [-0.39, 0.29) is 47.0 Å². The van der Waals surface area contributed by atoms with Gasteiger partial charge >= 0.3 is 6.09 Å². The monoisotopic (exact) mass is 649 g/mol. The fourth-order valence-corrected chi connectivity index (χ4v) is 4.09. The molecule has 0 aliphatic carbocycles. The lowest BCUT2D eigenvalue weighted by molar-refractivity contribution is 0.134. The largest absolute Gasteiger partial charge is 0.490 e. The Kier molecular flexibility index (Phi) is 12.2. The Labute approximate surface area is 260 Å². The van der Waals surface area contributed by atoms with Gasteiger partial charge < -0.3 is 20.9 Å². The van der Waals surface area contributed by atoms with E-state index in [1.807, 2.05) is 20.8 Å². The minimum Gasteiger partial charge on any atom is -0.490 e. The summed E-state index contributed by atoms with van der Waals surface area (Å²) < 4.78 is 75.1. The number of methoxy groups -OCH3 is 1. The molecule has 0 radical (unpaired) electrons. The molecule has 0 aromatic carbocycles. The second kappa shape index (κ2) is 15.8. The molecule has 246 valence electrons. The highest BCUT2D eigenvalue weighted by atomic mass is 19.3. The number of hydrogen-bond donors (Lipinski definition) is 3. The lowest BCUT2D eigenvalue weighted by atomic mass is 9.93. The number of nitrogens with one attached hydrogen (secondary N) is 1. The summed E-state index contributed by atoms with van der Waals surface area (Å²) in [6, 6.07) is 8.02. The van der Waals surface area contributed by atoms with Crippen LogP contribution < -0.4 is 21.5 Å². The number of ether oxygens (including phenoxy) is 2. The summed E-state index contributed by atoms with van der Waals surface area (Å²) in [5.41, 5.74) is 10.3. The van der Waals surface area contributed by atoms with Crippen molar-refractivity contribution in [3.8, 4) is 28.5 Å². The third-order valence-electron chi connectivity index (χ3n) is 5.86. The predicted octanol–water partition coefficient (Wildman–Crippen LogP) is 5.99. The lowest BCUT2D eigenvalue weighted by Crippen LogP contribution is -2.43. The molecule has 0 spiro atoms. The van der Waals surface area contributed by atoms with Crippen LogP contribution in [-0.2, 0) is 4.74 Å². The number of aromatic nitrogens is 6. The number of nitrogen functional groups attached to an aromatic ring is 1. The zero-order valence-corrected chi connectivity index (χ0v) is 25.2. The van der Waals surface area contributed by atoms with Crippen LogP contribution in [0.2, 0.25) is 0 Å². The van der Waals surface area contributed by atoms with Crippen LogP contribution >= 0.6 is 0 Å². The van der Waals surface area contributed by atoms with Crippen molar-refractivity contribution in [2.45, 2.75) is 45.6 Å². The Morgan fingerprint density at radius 3 is 2.02 bits per heavy atom. The molecule has 0 bridgehead atoms. The average Bonchev–Trinajstić information content (AvgIpc) is 3.00. The van der Waals surface area contributed by atoms with Crippen LogP contribution in [0.3, 0.4) is 0 Å². The minimum absolute atomic E-state index is 0.00720. The number of amides is 1. The molecule has 4 aromatic rings. The fraction of sp³-hybridized carbons (Fsp3) is 0.345. The van der Waals surface area contributed by atoms with Crippen molar-refractivity contribution in [3.05, 3.63) is 66.0 Å². The van der Waals surface area contributed by atoms with Gasteiger partial charge in [0.25, 0.3) is 12.9 Å². The first kappa shape index (κ1) is 35.4. The number of alkyl halides is 4. The van der Waals surface area contributed by atoms with Crippen molar-refractivity contribution in [2.24, 2.45) is 11.7 Å². The van der Waals surface area contributed by atoms with E-state index in [0.717, 1.165) is 6.07 Å². The predicted molar refractivity (Wildman–Crippen MR) is 158 cm³/mol. The molecular formula is C29H32F5N9O3. The van der Waals surface area contributed by atoms with Crippen LogP contribution in [0.1, 0.15) is 51.4 Å². The van der Waals surface area contributed by atoms with E-state index in [1.165, 1.54) is 49.8 Å². The maximum atomic E-state index is 13.6. The Hall–Kier alpha value is -5.06. The average molecular weight is 650 g/mol. The Bertz CT molecular complexity index is 1630. The molecule has 17 heteroatoms. The highest BCUT2D eigenvalue weighted by Gasteiger charge is 2.24. The van der Waals surface area contributed by atoms with Gasteiger partial charge in [0.1, 0.15) is 23.7 Å². The van der Waals surface area contributed by atoms with Gasteiger partial charge in [0, 0.05) is 17.9 Å². The standard InChI is InChI=1S/C19H25F2N5O3.C10H7F3N4/c1-11(2)9-19(3,22)10-29-14-6-5-12(24-15(14)16(20)21)13-7-8-23-17(25-13)26-18(27)28-4;11-5-1-2-6(16-8(5)9(12)13)7-3-4-15-10(14)17-7/h5-8,11,16H,9-10,22H2,1-4H3,(H,23,25,26,27);1-4,9H,(H2,14,15,17)/t19-;/m0./s1. The third kappa shape index (κ3) is 10.3. The maximum absolute atomic E-state index is 13.6. The summed E-state index contributed by atoms with van der Waals surface area (Å²) >= 11 is 0. The molecule has 0 aliphatic rings. The molecule has 12 nitrogen and oxygen atoms in total. The van der Waals surface area contributed by atoms with E-state index < -0.39 is 41.7 Å². The van der Waals surface area contributed by atoms with Crippen LogP contribution in [0, 0.1) is 11.7 Å². The second-order valence-corrected chi connectivity index (χ2v) is 10.5. The van der Waals surface area contributed by atoms with Gasteiger partial charge in [-0.05, 0) is 55.7 Å². The topological polar surface area (TPSA) is 177 Å². The number of nitrogens with zero attached hydrogens (tertiary/aromatic N) is 6. The van der Waals surface area contributed by atoms with E-state index in [2.05, 4.69) is 40.0 Å². The third-order valence-corrected chi connectivity index (χ3v) is 5.86. The number of pyridine rings is 2.